The highest BCUT2D eigenvalue weighted by Crippen LogP contribution is 2.27. The molecule has 0 amide bonds. The van der Waals surface area contributed by atoms with Crippen molar-refractivity contribution in [2.45, 2.75) is 95.7 Å². The molecule has 0 aliphatic heterocycles. The monoisotopic (exact) mass is 519 g/mol. The summed E-state index contributed by atoms with van der Waals surface area (Å²) in [5.41, 5.74) is 1.19. The number of benzene rings is 1. The van der Waals surface area contributed by atoms with Crippen LogP contribution in [-0.4, -0.2) is 47.6 Å². The zero-order valence-electron chi connectivity index (χ0n) is 21.6. The standard InChI is InChI=1S/C28H41NO8/c30-26-14-10-13-24(26)18-20-25(19-17-23-11-4-1-5-12-23)37-28(32)16-7-2-8-21-35-27(31)15-6-3-9-22-36-29(33)34/h1,4-5,11-12,18,20,24-26,30H,2-3,6-10,13-17,19,21-22H2/b20-18+/t24?,25?,26-/m1/s1. The molecule has 0 spiro atoms. The first-order valence-electron chi connectivity index (χ1n) is 13.5. The molecule has 9 heteroatoms. The maximum absolute atomic E-state index is 12.5. The Kier molecular flexibility index (Phi) is 15.0. The Morgan fingerprint density at radius 1 is 1.00 bits per heavy atom. The van der Waals surface area contributed by atoms with Gasteiger partial charge in [-0.15, -0.1) is 10.1 Å². The van der Waals surface area contributed by atoms with E-state index < -0.39 is 5.09 Å². The van der Waals surface area contributed by atoms with Crippen LogP contribution in [0.2, 0.25) is 0 Å². The molecule has 206 valence electrons. The summed E-state index contributed by atoms with van der Waals surface area (Å²) >= 11 is 0. The molecular weight excluding hydrogens is 478 g/mol. The minimum atomic E-state index is -0.821. The van der Waals surface area contributed by atoms with Gasteiger partial charge < -0.3 is 19.4 Å². The molecule has 1 N–H and O–H groups in total. The van der Waals surface area contributed by atoms with Gasteiger partial charge in [0.15, 0.2) is 0 Å². The number of esters is 2. The topological polar surface area (TPSA) is 125 Å². The molecule has 2 unspecified atom stereocenters. The highest BCUT2D eigenvalue weighted by Gasteiger charge is 2.23. The number of hydrogen-bond acceptors (Lipinski definition) is 8. The Bertz CT molecular complexity index is 829. The lowest BCUT2D eigenvalue weighted by atomic mass is 10.0. The van der Waals surface area contributed by atoms with E-state index >= 15 is 0 Å². The number of ether oxygens (including phenoxy) is 2. The molecule has 0 heterocycles. The van der Waals surface area contributed by atoms with Crippen molar-refractivity contribution in [1.29, 1.82) is 0 Å². The third-order valence-corrected chi connectivity index (χ3v) is 6.46. The predicted octanol–water partition coefficient (Wildman–Crippen LogP) is 5.12. The van der Waals surface area contributed by atoms with Gasteiger partial charge in [0, 0.05) is 18.8 Å². The fourth-order valence-corrected chi connectivity index (χ4v) is 4.33. The highest BCUT2D eigenvalue weighted by atomic mass is 16.9. The van der Waals surface area contributed by atoms with Crippen molar-refractivity contribution in [1.82, 2.24) is 0 Å². The third-order valence-electron chi connectivity index (χ3n) is 6.46. The Hall–Kier alpha value is -2.94. The second-order valence-corrected chi connectivity index (χ2v) is 9.50. The molecule has 1 aliphatic carbocycles. The van der Waals surface area contributed by atoms with Gasteiger partial charge in [0.05, 0.1) is 19.3 Å². The fraction of sp³-hybridized carbons (Fsp3) is 0.643. The van der Waals surface area contributed by atoms with E-state index in [4.69, 9.17) is 9.47 Å². The smallest absolute Gasteiger partial charge is 0.306 e. The summed E-state index contributed by atoms with van der Waals surface area (Å²) in [7, 11) is 0. The predicted molar refractivity (Wildman–Crippen MR) is 138 cm³/mol. The first-order chi connectivity index (χ1) is 17.9. The number of aliphatic hydroxyl groups excluding tert-OH is 1. The van der Waals surface area contributed by atoms with E-state index in [9.17, 15) is 24.8 Å². The molecule has 37 heavy (non-hydrogen) atoms. The molecule has 9 nitrogen and oxygen atoms in total. The van der Waals surface area contributed by atoms with E-state index in [0.717, 1.165) is 32.1 Å². The number of carbonyl (C=O) groups is 2. The summed E-state index contributed by atoms with van der Waals surface area (Å²) in [6.45, 7) is 0.350. The van der Waals surface area contributed by atoms with E-state index in [1.807, 2.05) is 30.4 Å². The van der Waals surface area contributed by atoms with Crippen LogP contribution >= 0.6 is 0 Å². The summed E-state index contributed by atoms with van der Waals surface area (Å²) in [5.74, 6) is -0.397. The van der Waals surface area contributed by atoms with Crippen LogP contribution in [0.1, 0.15) is 82.6 Å². The third kappa shape index (κ3) is 14.4. The summed E-state index contributed by atoms with van der Waals surface area (Å²) in [6.07, 6.45) is 12.0. The van der Waals surface area contributed by atoms with Crippen molar-refractivity contribution >= 4 is 11.9 Å². The number of unbranched alkanes of at least 4 members (excludes halogenated alkanes) is 4. The summed E-state index contributed by atoms with van der Waals surface area (Å²) in [5, 5.41) is 19.3. The minimum Gasteiger partial charge on any atom is -0.466 e. The Morgan fingerprint density at radius 2 is 1.70 bits per heavy atom. The van der Waals surface area contributed by atoms with Crippen LogP contribution in [0.5, 0.6) is 0 Å². The van der Waals surface area contributed by atoms with Crippen LogP contribution in [0.3, 0.4) is 0 Å². The van der Waals surface area contributed by atoms with Gasteiger partial charge in [0.25, 0.3) is 5.09 Å². The molecule has 1 aromatic rings. The molecule has 1 saturated carbocycles. The average molecular weight is 520 g/mol. The van der Waals surface area contributed by atoms with Crippen LogP contribution in [-0.2, 0) is 30.3 Å². The molecule has 1 fully saturated rings. The second-order valence-electron chi connectivity index (χ2n) is 9.50. The summed E-state index contributed by atoms with van der Waals surface area (Å²) < 4.78 is 11.0. The number of nitrogens with zero attached hydrogens (tertiary/aromatic N) is 1. The Labute approximate surface area is 219 Å². The zero-order chi connectivity index (χ0) is 26.7. The molecular formula is C28H41NO8. The molecule has 1 aromatic carbocycles. The molecule has 0 radical (unpaired) electrons. The van der Waals surface area contributed by atoms with Crippen LogP contribution in [0.4, 0.5) is 0 Å². The van der Waals surface area contributed by atoms with Gasteiger partial charge in [-0.2, -0.15) is 0 Å². The van der Waals surface area contributed by atoms with Crippen molar-refractivity contribution in [2.24, 2.45) is 5.92 Å². The lowest BCUT2D eigenvalue weighted by Crippen LogP contribution is -2.18. The van der Waals surface area contributed by atoms with Gasteiger partial charge in [-0.25, -0.2) is 0 Å². The maximum Gasteiger partial charge on any atom is 0.306 e. The van der Waals surface area contributed by atoms with E-state index in [-0.39, 0.29) is 43.1 Å². The number of rotatable bonds is 19. The molecule has 2 rings (SSSR count). The fourth-order valence-electron chi connectivity index (χ4n) is 4.33. The number of hydrogen-bond donors (Lipinski definition) is 1. The SMILES string of the molecule is O=C(CCCCCO[N+](=O)[O-])OCCCCCC(=O)OC(/C=C/C1CCC[C@H]1O)CCc1ccccc1. The molecule has 3 atom stereocenters. The molecule has 0 aromatic heterocycles. The van der Waals surface area contributed by atoms with Gasteiger partial charge >= 0.3 is 11.9 Å². The number of aryl methyl sites for hydroxylation is 1. The lowest BCUT2D eigenvalue weighted by molar-refractivity contribution is -0.757. The maximum atomic E-state index is 12.5. The molecule has 0 saturated heterocycles. The van der Waals surface area contributed by atoms with Crippen molar-refractivity contribution in [3.05, 3.63) is 58.2 Å². The van der Waals surface area contributed by atoms with Gasteiger partial charge in [-0.05, 0) is 69.4 Å². The van der Waals surface area contributed by atoms with Crippen molar-refractivity contribution in [3.8, 4) is 0 Å². The second kappa shape index (κ2) is 18.3. The Morgan fingerprint density at radius 3 is 2.38 bits per heavy atom. The lowest BCUT2D eigenvalue weighted by Gasteiger charge is -2.16. The first kappa shape index (κ1) is 30.3. The minimum absolute atomic E-state index is 0.0399. The van der Waals surface area contributed by atoms with Gasteiger partial charge in [-0.3, -0.25) is 9.59 Å². The summed E-state index contributed by atoms with van der Waals surface area (Å²) in [6, 6.07) is 10.1. The van der Waals surface area contributed by atoms with Gasteiger partial charge in [0.2, 0.25) is 0 Å². The normalized spacial score (nSPS) is 18.0. The van der Waals surface area contributed by atoms with Crippen LogP contribution in [0, 0.1) is 16.0 Å². The van der Waals surface area contributed by atoms with Crippen molar-refractivity contribution < 1.29 is 34.1 Å². The average Bonchev–Trinajstić information content (AvgIpc) is 3.30. The summed E-state index contributed by atoms with van der Waals surface area (Å²) in [4.78, 5) is 38.5. The zero-order valence-corrected chi connectivity index (χ0v) is 21.6. The molecule has 1 aliphatic rings. The molecule has 0 bridgehead atoms. The van der Waals surface area contributed by atoms with Crippen LogP contribution < -0.4 is 0 Å². The van der Waals surface area contributed by atoms with Crippen molar-refractivity contribution in [3.63, 3.8) is 0 Å². The largest absolute Gasteiger partial charge is 0.466 e. The van der Waals surface area contributed by atoms with Crippen molar-refractivity contribution in [2.75, 3.05) is 13.2 Å². The van der Waals surface area contributed by atoms with E-state index in [2.05, 4.69) is 17.0 Å². The quantitative estimate of drug-likeness (QED) is 0.0878. The van der Waals surface area contributed by atoms with Crippen LogP contribution in [0.15, 0.2) is 42.5 Å². The number of aliphatic hydroxyl groups is 1. The van der Waals surface area contributed by atoms with E-state index in [1.165, 1.54) is 5.56 Å². The van der Waals surface area contributed by atoms with E-state index in [0.29, 0.717) is 51.6 Å². The highest BCUT2D eigenvalue weighted by molar-refractivity contribution is 5.69. The number of carbonyl (C=O) groups excluding carboxylic acids is 2. The van der Waals surface area contributed by atoms with Gasteiger partial charge in [0.1, 0.15) is 6.10 Å². The first-order valence-corrected chi connectivity index (χ1v) is 13.5. The van der Waals surface area contributed by atoms with Crippen LogP contribution in [0.25, 0.3) is 0 Å². The van der Waals surface area contributed by atoms with E-state index in [1.54, 1.807) is 0 Å². The van der Waals surface area contributed by atoms with Gasteiger partial charge in [-0.1, -0.05) is 49.2 Å². The Balaban J connectivity index is 1.60.